The van der Waals surface area contributed by atoms with Gasteiger partial charge in [-0.25, -0.2) is 13.6 Å². The van der Waals surface area contributed by atoms with E-state index in [1.54, 1.807) is 24.3 Å². The van der Waals surface area contributed by atoms with E-state index >= 15 is 0 Å². The number of carbonyl (C=O) groups excluding carboxylic acids is 4. The molecule has 9 nitrogen and oxygen atoms in total. The van der Waals surface area contributed by atoms with E-state index in [2.05, 4.69) is 15.6 Å². The molecule has 12 heteroatoms. The first-order valence-electron chi connectivity index (χ1n) is 13.6. The lowest BCUT2D eigenvalue weighted by Crippen LogP contribution is -2.52. The van der Waals surface area contributed by atoms with Crippen molar-refractivity contribution in [3.05, 3.63) is 35.0 Å². The summed E-state index contributed by atoms with van der Waals surface area (Å²) >= 11 is 6.28. The van der Waals surface area contributed by atoms with Crippen LogP contribution in [0.15, 0.2) is 24.3 Å². The van der Waals surface area contributed by atoms with Gasteiger partial charge in [-0.1, -0.05) is 23.7 Å². The van der Waals surface area contributed by atoms with Gasteiger partial charge >= 0.3 is 5.97 Å². The number of ether oxygens (including phenoxy) is 1. The fourth-order valence-electron chi connectivity index (χ4n) is 6.37. The zero-order valence-corrected chi connectivity index (χ0v) is 23.0. The van der Waals surface area contributed by atoms with Crippen LogP contribution in [0.4, 0.5) is 8.78 Å². The third-order valence-electron chi connectivity index (χ3n) is 8.67. The Bertz CT molecular complexity index is 1320. The van der Waals surface area contributed by atoms with Gasteiger partial charge < -0.3 is 25.3 Å². The molecule has 1 aromatic carbocycles. The van der Waals surface area contributed by atoms with Crippen LogP contribution in [0.3, 0.4) is 0 Å². The Morgan fingerprint density at radius 1 is 1.23 bits per heavy atom. The number of amides is 3. The minimum Gasteiger partial charge on any atom is -0.467 e. The number of hydrogen-bond acceptors (Lipinski definition) is 5. The van der Waals surface area contributed by atoms with Gasteiger partial charge in [-0.2, -0.15) is 0 Å². The van der Waals surface area contributed by atoms with Crippen LogP contribution in [-0.2, 0) is 19.1 Å². The Labute approximate surface area is 235 Å². The van der Waals surface area contributed by atoms with Crippen molar-refractivity contribution in [3.63, 3.8) is 0 Å². The van der Waals surface area contributed by atoms with Crippen LogP contribution < -0.4 is 10.6 Å². The smallest absolute Gasteiger partial charge is 0.328 e. The fraction of sp³-hybridized carbons (Fsp3) is 0.571. The predicted molar refractivity (Wildman–Crippen MR) is 143 cm³/mol. The van der Waals surface area contributed by atoms with Crippen molar-refractivity contribution in [2.75, 3.05) is 20.2 Å². The van der Waals surface area contributed by atoms with Gasteiger partial charge in [-0.3, -0.25) is 14.4 Å². The first-order chi connectivity index (χ1) is 19.0. The van der Waals surface area contributed by atoms with Crippen LogP contribution in [0.1, 0.15) is 61.9 Å². The molecule has 2 aliphatic heterocycles. The monoisotopic (exact) mass is 578 g/mol. The topological polar surface area (TPSA) is 121 Å². The maximum Gasteiger partial charge on any atom is 0.328 e. The SMILES string of the molecule is COC(=O)[C@H](C[C@@H]1CCCNC1=O)NC(=O)C1CC2(CCC(F)(F)CC2)CN1C(=O)c1cc2cccc(Cl)c2[nH]1. The molecule has 3 fully saturated rings. The molecule has 3 amide bonds. The molecular formula is C28H33ClF2N4O5. The first kappa shape index (κ1) is 28.3. The zero-order valence-electron chi connectivity index (χ0n) is 22.2. The summed E-state index contributed by atoms with van der Waals surface area (Å²) in [5, 5.41) is 6.65. The summed E-state index contributed by atoms with van der Waals surface area (Å²) < 4.78 is 33.0. The number of fused-ring (bicyclic) bond motifs is 1. The average molecular weight is 579 g/mol. The van der Waals surface area contributed by atoms with Gasteiger partial charge in [-0.05, 0) is 56.1 Å². The fourth-order valence-corrected chi connectivity index (χ4v) is 6.60. The molecule has 1 spiro atoms. The molecule has 0 bridgehead atoms. The molecule has 40 heavy (non-hydrogen) atoms. The van der Waals surface area contributed by atoms with Crippen molar-refractivity contribution < 1.29 is 32.7 Å². The number of carbonyl (C=O) groups is 4. The van der Waals surface area contributed by atoms with Crippen molar-refractivity contribution in [1.82, 2.24) is 20.5 Å². The highest BCUT2D eigenvalue weighted by atomic mass is 35.5. The predicted octanol–water partition coefficient (Wildman–Crippen LogP) is 3.81. The summed E-state index contributed by atoms with van der Waals surface area (Å²) in [6.07, 6.45) is 1.31. The number of nitrogens with one attached hydrogen (secondary N) is 3. The van der Waals surface area contributed by atoms with E-state index in [4.69, 9.17) is 16.3 Å². The summed E-state index contributed by atoms with van der Waals surface area (Å²) in [5.41, 5.74) is 0.159. The number of aromatic amines is 1. The van der Waals surface area contributed by atoms with Crippen molar-refractivity contribution in [3.8, 4) is 0 Å². The van der Waals surface area contributed by atoms with E-state index < -0.39 is 47.1 Å². The number of H-pyrrole nitrogens is 1. The molecular weight excluding hydrogens is 546 g/mol. The highest BCUT2D eigenvalue weighted by Gasteiger charge is 2.53. The number of aromatic nitrogens is 1. The van der Waals surface area contributed by atoms with E-state index in [1.165, 1.54) is 12.0 Å². The number of methoxy groups -OCH3 is 1. The molecule has 2 aromatic rings. The van der Waals surface area contributed by atoms with Crippen LogP contribution in [0, 0.1) is 11.3 Å². The molecule has 0 radical (unpaired) electrons. The summed E-state index contributed by atoms with van der Waals surface area (Å²) in [5.74, 6) is -5.16. The van der Waals surface area contributed by atoms with Crippen LogP contribution in [0.5, 0.6) is 0 Å². The third-order valence-corrected chi connectivity index (χ3v) is 8.99. The van der Waals surface area contributed by atoms with Crippen molar-refractivity contribution in [1.29, 1.82) is 0 Å². The number of rotatable bonds is 6. The Balaban J connectivity index is 1.41. The van der Waals surface area contributed by atoms with E-state index in [1.807, 2.05) is 0 Å². The van der Waals surface area contributed by atoms with E-state index in [9.17, 15) is 28.0 Å². The Hall–Kier alpha value is -3.21. The molecule has 1 aromatic heterocycles. The molecule has 3 heterocycles. The Kier molecular flexibility index (Phi) is 7.78. The van der Waals surface area contributed by atoms with Gasteiger partial charge in [0.15, 0.2) is 0 Å². The molecule has 3 atom stereocenters. The number of esters is 1. The van der Waals surface area contributed by atoms with Crippen molar-refractivity contribution in [2.24, 2.45) is 11.3 Å². The largest absolute Gasteiger partial charge is 0.467 e. The van der Waals surface area contributed by atoms with Gasteiger partial charge in [0.05, 0.1) is 17.6 Å². The second-order valence-electron chi connectivity index (χ2n) is 11.3. The minimum atomic E-state index is -2.77. The van der Waals surface area contributed by atoms with Gasteiger partial charge in [0.1, 0.15) is 17.8 Å². The second kappa shape index (κ2) is 11.0. The number of para-hydroxylation sites is 1. The summed E-state index contributed by atoms with van der Waals surface area (Å²) in [6, 6.07) is 4.82. The first-order valence-corrected chi connectivity index (χ1v) is 14.0. The molecule has 3 aliphatic rings. The van der Waals surface area contributed by atoms with Gasteiger partial charge in [0.25, 0.3) is 5.91 Å². The second-order valence-corrected chi connectivity index (χ2v) is 11.8. The van der Waals surface area contributed by atoms with Crippen LogP contribution in [0.2, 0.25) is 5.02 Å². The number of nitrogens with zero attached hydrogens (tertiary/aromatic N) is 1. The Morgan fingerprint density at radius 3 is 2.65 bits per heavy atom. The molecule has 2 saturated heterocycles. The van der Waals surface area contributed by atoms with E-state index in [0.29, 0.717) is 23.5 Å². The van der Waals surface area contributed by atoms with Gasteiger partial charge in [-0.15, -0.1) is 0 Å². The lowest BCUT2D eigenvalue weighted by atomic mass is 9.71. The quantitative estimate of drug-likeness (QED) is 0.450. The molecule has 1 aliphatic carbocycles. The molecule has 216 valence electrons. The van der Waals surface area contributed by atoms with Crippen LogP contribution in [-0.4, -0.2) is 71.8 Å². The molecule has 3 N–H and O–H groups in total. The number of halogens is 3. The number of likely N-dealkylation sites (tertiary alicyclic amines) is 1. The van der Waals surface area contributed by atoms with Crippen LogP contribution in [0.25, 0.3) is 10.9 Å². The Morgan fingerprint density at radius 2 is 1.98 bits per heavy atom. The molecule has 5 rings (SSSR count). The summed E-state index contributed by atoms with van der Waals surface area (Å²) in [6.45, 7) is 0.695. The van der Waals surface area contributed by atoms with E-state index in [-0.39, 0.29) is 56.7 Å². The number of benzene rings is 1. The number of alkyl halides is 2. The minimum absolute atomic E-state index is 0.0583. The zero-order chi connectivity index (χ0) is 28.7. The summed E-state index contributed by atoms with van der Waals surface area (Å²) in [4.78, 5) is 57.0. The highest BCUT2D eigenvalue weighted by Crippen LogP contribution is 2.50. The average Bonchev–Trinajstić information content (AvgIpc) is 3.54. The normalized spacial score (nSPS) is 24.5. The lowest BCUT2D eigenvalue weighted by molar-refractivity contribution is -0.146. The number of hydrogen-bond donors (Lipinski definition) is 3. The van der Waals surface area contributed by atoms with Crippen molar-refractivity contribution in [2.45, 2.75) is 69.4 Å². The molecule has 1 unspecified atom stereocenters. The third kappa shape index (κ3) is 5.66. The van der Waals surface area contributed by atoms with Gasteiger partial charge in [0, 0.05) is 37.2 Å². The number of piperidine rings is 1. The van der Waals surface area contributed by atoms with Gasteiger partial charge in [0.2, 0.25) is 17.7 Å². The highest BCUT2D eigenvalue weighted by molar-refractivity contribution is 6.35. The summed E-state index contributed by atoms with van der Waals surface area (Å²) in [7, 11) is 1.20. The van der Waals surface area contributed by atoms with E-state index in [0.717, 1.165) is 11.8 Å². The molecule has 1 saturated carbocycles. The van der Waals surface area contributed by atoms with Crippen molar-refractivity contribution >= 4 is 46.2 Å². The lowest BCUT2D eigenvalue weighted by Gasteiger charge is -2.36. The standard InChI is InChI=1S/C28H33ClF2N4O5/c1-40-26(39)20(13-17-5-3-11-32-23(17)36)34-24(37)21-14-27(7-9-28(30,31)10-8-27)15-35(21)25(38)19-12-16-4-2-6-18(29)22(16)33-19/h2,4,6,12,17,20-21,33H,3,5,7-11,13-15H2,1H3,(H,32,36)(H,34,37)/t17-,20-,21?/m0/s1. The maximum absolute atomic E-state index is 14.1. The maximum atomic E-state index is 14.1. The van der Waals surface area contributed by atoms with Crippen LogP contribution >= 0.6 is 11.6 Å².